The van der Waals surface area contributed by atoms with E-state index in [1.807, 2.05) is 44.3 Å². The van der Waals surface area contributed by atoms with Crippen molar-refractivity contribution >= 4 is 38.9 Å². The van der Waals surface area contributed by atoms with Crippen LogP contribution < -0.4 is 5.73 Å². The fourth-order valence-corrected chi connectivity index (χ4v) is 3.28. The summed E-state index contributed by atoms with van der Waals surface area (Å²) >= 11 is 5.06. The Morgan fingerprint density at radius 2 is 2.20 bits per heavy atom. The largest absolute Gasteiger partial charge is 0.399 e. The lowest BCUT2D eigenvalue weighted by Crippen LogP contribution is -2.30. The molecule has 1 amide bonds. The summed E-state index contributed by atoms with van der Waals surface area (Å²) in [5, 5.41) is 2.05. The van der Waals surface area contributed by atoms with Crippen LogP contribution >= 0.6 is 27.3 Å². The van der Waals surface area contributed by atoms with Crippen LogP contribution in [0.5, 0.6) is 0 Å². The minimum Gasteiger partial charge on any atom is -0.399 e. The number of carbonyl (C=O) groups excluding carboxylic acids is 1. The first kappa shape index (κ1) is 15.1. The minimum atomic E-state index is -0.189. The lowest BCUT2D eigenvalue weighted by molar-refractivity contribution is -0.131. The van der Waals surface area contributed by atoms with Crippen molar-refractivity contribution in [2.24, 2.45) is 0 Å². The van der Waals surface area contributed by atoms with Crippen molar-refractivity contribution in [3.8, 4) is 0 Å². The molecule has 3 nitrogen and oxygen atoms in total. The minimum absolute atomic E-state index is 0.0953. The standard InChI is InChI=1S/C15H17BrN2OS/c1-10(12-4-3-5-13(17)7-12)15(19)18(2)8-11-6-14(16)20-9-11/h3-7,9-10H,8,17H2,1-2H3. The van der Waals surface area contributed by atoms with Gasteiger partial charge in [-0.05, 0) is 57.6 Å². The summed E-state index contributed by atoms with van der Waals surface area (Å²) in [4.78, 5) is 14.2. The third-order valence-electron chi connectivity index (χ3n) is 3.20. The second-order valence-electron chi connectivity index (χ2n) is 4.85. The Hall–Kier alpha value is -1.33. The van der Waals surface area contributed by atoms with Gasteiger partial charge in [-0.25, -0.2) is 0 Å². The first-order chi connectivity index (χ1) is 9.47. The van der Waals surface area contributed by atoms with Crippen molar-refractivity contribution in [1.82, 2.24) is 4.90 Å². The Morgan fingerprint density at radius 1 is 1.45 bits per heavy atom. The summed E-state index contributed by atoms with van der Waals surface area (Å²) in [6, 6.07) is 9.54. The monoisotopic (exact) mass is 352 g/mol. The van der Waals surface area contributed by atoms with Crippen molar-refractivity contribution in [3.05, 3.63) is 50.6 Å². The van der Waals surface area contributed by atoms with Gasteiger partial charge in [-0.1, -0.05) is 12.1 Å². The molecule has 1 heterocycles. The van der Waals surface area contributed by atoms with E-state index in [1.165, 1.54) is 0 Å². The molecule has 2 aromatic rings. The van der Waals surface area contributed by atoms with Crippen LogP contribution in [0.2, 0.25) is 0 Å². The van der Waals surface area contributed by atoms with E-state index in [4.69, 9.17) is 5.73 Å². The van der Waals surface area contributed by atoms with Gasteiger partial charge < -0.3 is 10.6 Å². The average molecular weight is 353 g/mol. The molecule has 0 aliphatic carbocycles. The van der Waals surface area contributed by atoms with Crippen LogP contribution in [0.1, 0.15) is 24.0 Å². The second-order valence-corrected chi connectivity index (χ2v) is 7.14. The first-order valence-electron chi connectivity index (χ1n) is 6.30. The summed E-state index contributed by atoms with van der Waals surface area (Å²) < 4.78 is 1.08. The number of nitrogens with two attached hydrogens (primary N) is 1. The molecule has 0 saturated heterocycles. The van der Waals surface area contributed by atoms with E-state index in [1.54, 1.807) is 16.2 Å². The Kier molecular flexibility index (Phi) is 4.83. The lowest BCUT2D eigenvalue weighted by atomic mass is 9.99. The quantitative estimate of drug-likeness (QED) is 0.849. The third kappa shape index (κ3) is 3.61. The number of rotatable bonds is 4. The van der Waals surface area contributed by atoms with Gasteiger partial charge in [0.15, 0.2) is 0 Å². The summed E-state index contributed by atoms with van der Waals surface area (Å²) in [6.07, 6.45) is 0. The third-order valence-corrected chi connectivity index (χ3v) is 4.75. The summed E-state index contributed by atoms with van der Waals surface area (Å²) in [6.45, 7) is 2.53. The molecule has 0 radical (unpaired) electrons. The highest BCUT2D eigenvalue weighted by Crippen LogP contribution is 2.24. The van der Waals surface area contributed by atoms with E-state index in [0.29, 0.717) is 12.2 Å². The SMILES string of the molecule is CC(C(=O)N(C)Cc1csc(Br)c1)c1cccc(N)c1. The highest BCUT2D eigenvalue weighted by atomic mass is 79.9. The molecular weight excluding hydrogens is 336 g/mol. The second kappa shape index (κ2) is 6.41. The molecule has 0 fully saturated rings. The maximum atomic E-state index is 12.4. The van der Waals surface area contributed by atoms with Crippen molar-refractivity contribution in [2.75, 3.05) is 12.8 Å². The fourth-order valence-electron chi connectivity index (χ4n) is 2.08. The normalized spacial score (nSPS) is 12.2. The molecule has 5 heteroatoms. The lowest BCUT2D eigenvalue weighted by Gasteiger charge is -2.21. The van der Waals surface area contributed by atoms with Gasteiger partial charge in [-0.2, -0.15) is 0 Å². The maximum Gasteiger partial charge on any atom is 0.229 e. The van der Waals surface area contributed by atoms with Crippen LogP contribution in [0.25, 0.3) is 0 Å². The summed E-state index contributed by atoms with van der Waals surface area (Å²) in [5.74, 6) is -0.0940. The summed E-state index contributed by atoms with van der Waals surface area (Å²) in [5.41, 5.74) is 8.55. The van der Waals surface area contributed by atoms with Crippen molar-refractivity contribution in [1.29, 1.82) is 0 Å². The number of hydrogen-bond donors (Lipinski definition) is 1. The van der Waals surface area contributed by atoms with Gasteiger partial charge in [0.1, 0.15) is 0 Å². The predicted octanol–water partition coefficient (Wildman–Crippen LogP) is 3.85. The molecular formula is C15H17BrN2OS. The van der Waals surface area contributed by atoms with Crippen LogP contribution in [-0.2, 0) is 11.3 Å². The predicted molar refractivity (Wildman–Crippen MR) is 87.8 cm³/mol. The topological polar surface area (TPSA) is 46.3 Å². The molecule has 0 saturated carbocycles. The van der Waals surface area contributed by atoms with Crippen LogP contribution in [0.15, 0.2) is 39.5 Å². The number of benzene rings is 1. The fraction of sp³-hybridized carbons (Fsp3) is 0.267. The van der Waals surface area contributed by atoms with E-state index in [0.717, 1.165) is 14.9 Å². The number of anilines is 1. The van der Waals surface area contributed by atoms with E-state index in [2.05, 4.69) is 21.3 Å². The Balaban J connectivity index is 2.06. The number of amides is 1. The van der Waals surface area contributed by atoms with Crippen LogP contribution in [0, 0.1) is 0 Å². The molecule has 2 rings (SSSR count). The molecule has 106 valence electrons. The Bertz CT molecular complexity index is 611. The van der Waals surface area contributed by atoms with Crippen LogP contribution in [0.3, 0.4) is 0 Å². The number of nitrogens with zero attached hydrogens (tertiary/aromatic N) is 1. The smallest absolute Gasteiger partial charge is 0.229 e. The molecule has 20 heavy (non-hydrogen) atoms. The summed E-state index contributed by atoms with van der Waals surface area (Å²) in [7, 11) is 1.83. The Labute approximate surface area is 131 Å². The van der Waals surface area contributed by atoms with E-state index < -0.39 is 0 Å². The van der Waals surface area contributed by atoms with Gasteiger partial charge in [0.25, 0.3) is 0 Å². The van der Waals surface area contributed by atoms with Crippen LogP contribution in [0.4, 0.5) is 5.69 Å². The van der Waals surface area contributed by atoms with E-state index in [9.17, 15) is 4.79 Å². The van der Waals surface area contributed by atoms with Crippen molar-refractivity contribution in [2.45, 2.75) is 19.4 Å². The molecule has 1 unspecified atom stereocenters. The molecule has 0 aliphatic rings. The first-order valence-corrected chi connectivity index (χ1v) is 7.98. The molecule has 0 aliphatic heterocycles. The molecule has 1 atom stereocenters. The zero-order valence-corrected chi connectivity index (χ0v) is 13.9. The molecule has 0 spiro atoms. The zero-order chi connectivity index (χ0) is 14.7. The molecule has 2 N–H and O–H groups in total. The number of halogens is 1. The van der Waals surface area contributed by atoms with Gasteiger partial charge in [0.05, 0.1) is 9.70 Å². The van der Waals surface area contributed by atoms with Gasteiger partial charge in [-0.3, -0.25) is 4.79 Å². The zero-order valence-electron chi connectivity index (χ0n) is 11.5. The number of nitrogen functional groups attached to an aromatic ring is 1. The van der Waals surface area contributed by atoms with Gasteiger partial charge >= 0.3 is 0 Å². The van der Waals surface area contributed by atoms with Gasteiger partial charge in [0, 0.05) is 19.3 Å². The molecule has 1 aromatic heterocycles. The number of thiophene rings is 1. The number of carbonyl (C=O) groups is 1. The molecule has 0 bridgehead atoms. The van der Waals surface area contributed by atoms with Gasteiger partial charge in [0.2, 0.25) is 5.91 Å². The van der Waals surface area contributed by atoms with Gasteiger partial charge in [-0.15, -0.1) is 11.3 Å². The Morgan fingerprint density at radius 3 is 2.80 bits per heavy atom. The van der Waals surface area contributed by atoms with E-state index >= 15 is 0 Å². The highest BCUT2D eigenvalue weighted by Gasteiger charge is 2.19. The van der Waals surface area contributed by atoms with Crippen LogP contribution in [-0.4, -0.2) is 17.9 Å². The number of likely N-dealkylation sites (N-methyl/N-ethyl adjacent to an activating group) is 1. The van der Waals surface area contributed by atoms with E-state index in [-0.39, 0.29) is 11.8 Å². The highest BCUT2D eigenvalue weighted by molar-refractivity contribution is 9.11. The molecule has 1 aromatic carbocycles. The van der Waals surface area contributed by atoms with Crippen molar-refractivity contribution in [3.63, 3.8) is 0 Å². The average Bonchev–Trinajstić information content (AvgIpc) is 2.82. The maximum absolute atomic E-state index is 12.4. The van der Waals surface area contributed by atoms with Crippen molar-refractivity contribution < 1.29 is 4.79 Å². The number of hydrogen-bond acceptors (Lipinski definition) is 3.